The van der Waals surface area contributed by atoms with Crippen molar-refractivity contribution in [1.82, 2.24) is 0 Å². The van der Waals surface area contributed by atoms with Crippen LogP contribution < -0.4 is 0 Å². The third kappa shape index (κ3) is 4.51. The van der Waals surface area contributed by atoms with Crippen LogP contribution in [0.25, 0.3) is 11.1 Å². The Bertz CT molecular complexity index is 1220. The van der Waals surface area contributed by atoms with E-state index < -0.39 is 33.4 Å². The van der Waals surface area contributed by atoms with Crippen molar-refractivity contribution in [2.24, 2.45) is 0 Å². The maximum absolute atomic E-state index is 14.3. The zero-order valence-corrected chi connectivity index (χ0v) is 16.0. The minimum absolute atomic E-state index is 0.0870. The van der Waals surface area contributed by atoms with Crippen molar-refractivity contribution in [2.75, 3.05) is 0 Å². The molecule has 0 fully saturated rings. The lowest BCUT2D eigenvalue weighted by Crippen LogP contribution is -2.06. The Kier molecular flexibility index (Phi) is 5.67. The van der Waals surface area contributed by atoms with Gasteiger partial charge in [-0.25, -0.2) is 12.8 Å². The molecule has 0 saturated heterocycles. The molecule has 0 amide bonds. The van der Waals surface area contributed by atoms with Crippen LogP contribution in [0.3, 0.4) is 0 Å². The number of alkyl halides is 3. The van der Waals surface area contributed by atoms with Crippen LogP contribution in [0.15, 0.2) is 76.5 Å². The van der Waals surface area contributed by atoms with E-state index in [-0.39, 0.29) is 32.9 Å². The fraction of sp³-hybridized carbons (Fsp3) is 0.0952. The Morgan fingerprint density at radius 1 is 0.900 bits per heavy atom. The maximum atomic E-state index is 14.3. The van der Waals surface area contributed by atoms with Gasteiger partial charge in [-0.1, -0.05) is 30.3 Å². The highest BCUT2D eigenvalue weighted by molar-refractivity contribution is 7.91. The van der Waals surface area contributed by atoms with E-state index >= 15 is 0 Å². The van der Waals surface area contributed by atoms with Crippen molar-refractivity contribution >= 4 is 15.8 Å². The summed E-state index contributed by atoms with van der Waals surface area (Å²) in [5.41, 5.74) is -0.958. The predicted octanol–water partition coefficient (Wildman–Crippen LogP) is 4.97. The molecular formula is C21H14F4O4S. The minimum Gasteiger partial charge on any atom is -0.481 e. The third-order valence-electron chi connectivity index (χ3n) is 4.32. The molecule has 0 aromatic heterocycles. The van der Waals surface area contributed by atoms with Crippen molar-refractivity contribution in [3.8, 4) is 11.1 Å². The van der Waals surface area contributed by atoms with Gasteiger partial charge in [0.2, 0.25) is 9.84 Å². The van der Waals surface area contributed by atoms with Gasteiger partial charge in [-0.3, -0.25) is 4.79 Å². The lowest BCUT2D eigenvalue weighted by Gasteiger charge is -2.11. The Labute approximate surface area is 169 Å². The first-order valence-corrected chi connectivity index (χ1v) is 10.00. The van der Waals surface area contributed by atoms with Gasteiger partial charge in [-0.15, -0.1) is 0 Å². The standard InChI is InChI=1S/C21H14F4O4S/c22-19-12-15(21(23,24)25)7-8-18(19)14-4-2-6-17(11-14)30(28,29)16-5-1-3-13(9-16)10-20(26)27/h1-9,11-12H,10H2,(H,26,27). The number of hydrogen-bond acceptors (Lipinski definition) is 3. The average molecular weight is 438 g/mol. The molecule has 0 aliphatic rings. The van der Waals surface area contributed by atoms with Crippen molar-refractivity contribution in [3.63, 3.8) is 0 Å². The van der Waals surface area contributed by atoms with Crippen LogP contribution in [0.4, 0.5) is 17.6 Å². The number of aliphatic carboxylic acids is 1. The second-order valence-corrected chi connectivity index (χ2v) is 8.39. The SMILES string of the molecule is O=C(O)Cc1cccc(S(=O)(=O)c2cccc(-c3ccc(C(F)(F)F)cc3F)c2)c1. The Morgan fingerprint density at radius 2 is 1.53 bits per heavy atom. The van der Waals surface area contributed by atoms with Crippen molar-refractivity contribution in [2.45, 2.75) is 22.4 Å². The second-order valence-electron chi connectivity index (χ2n) is 6.44. The summed E-state index contributed by atoms with van der Waals surface area (Å²) in [4.78, 5) is 10.5. The summed E-state index contributed by atoms with van der Waals surface area (Å²) >= 11 is 0. The molecule has 0 saturated carbocycles. The van der Waals surface area contributed by atoms with Crippen molar-refractivity contribution in [1.29, 1.82) is 0 Å². The molecule has 0 aliphatic carbocycles. The number of benzene rings is 3. The van der Waals surface area contributed by atoms with Gasteiger partial charge in [0.1, 0.15) is 5.82 Å². The van der Waals surface area contributed by atoms with E-state index in [0.717, 1.165) is 18.2 Å². The molecule has 0 unspecified atom stereocenters. The van der Waals surface area contributed by atoms with Crippen LogP contribution in [0.1, 0.15) is 11.1 Å². The second kappa shape index (κ2) is 7.91. The molecule has 4 nitrogen and oxygen atoms in total. The number of carboxylic acid groups (broad SMARTS) is 1. The molecule has 30 heavy (non-hydrogen) atoms. The molecule has 3 rings (SSSR count). The van der Waals surface area contributed by atoms with Gasteiger partial charge in [0.05, 0.1) is 21.8 Å². The fourth-order valence-electron chi connectivity index (χ4n) is 2.89. The molecule has 9 heteroatoms. The van der Waals surface area contributed by atoms with Gasteiger partial charge in [0.15, 0.2) is 0 Å². The number of rotatable bonds is 5. The molecule has 0 heterocycles. The molecule has 0 aliphatic heterocycles. The largest absolute Gasteiger partial charge is 0.481 e. The van der Waals surface area contributed by atoms with Gasteiger partial charge in [-0.2, -0.15) is 13.2 Å². The van der Waals surface area contributed by atoms with E-state index in [1.807, 2.05) is 0 Å². The van der Waals surface area contributed by atoms with Gasteiger partial charge in [0, 0.05) is 5.56 Å². The van der Waals surface area contributed by atoms with Crippen LogP contribution in [0.5, 0.6) is 0 Å². The lowest BCUT2D eigenvalue weighted by atomic mass is 10.0. The number of carbonyl (C=O) groups is 1. The minimum atomic E-state index is -4.70. The highest BCUT2D eigenvalue weighted by Gasteiger charge is 2.31. The maximum Gasteiger partial charge on any atom is 0.416 e. The van der Waals surface area contributed by atoms with Crippen LogP contribution >= 0.6 is 0 Å². The summed E-state index contributed by atoms with van der Waals surface area (Å²) in [6, 6.07) is 12.6. The van der Waals surface area contributed by atoms with Crippen molar-refractivity contribution in [3.05, 3.63) is 83.7 Å². The van der Waals surface area contributed by atoms with E-state index in [4.69, 9.17) is 5.11 Å². The molecule has 156 valence electrons. The van der Waals surface area contributed by atoms with Gasteiger partial charge < -0.3 is 5.11 Å². The van der Waals surface area contributed by atoms with E-state index in [9.17, 15) is 30.8 Å². The number of carboxylic acids is 1. The summed E-state index contributed by atoms with van der Waals surface area (Å²) in [5, 5.41) is 8.88. The highest BCUT2D eigenvalue weighted by atomic mass is 32.2. The predicted molar refractivity (Wildman–Crippen MR) is 100 cm³/mol. The van der Waals surface area contributed by atoms with Gasteiger partial charge in [-0.05, 0) is 47.5 Å². The topological polar surface area (TPSA) is 71.4 Å². The number of halogens is 4. The van der Waals surface area contributed by atoms with Crippen LogP contribution in [0, 0.1) is 5.82 Å². The van der Waals surface area contributed by atoms with Crippen LogP contribution in [-0.4, -0.2) is 19.5 Å². The molecule has 0 radical (unpaired) electrons. The fourth-order valence-corrected chi connectivity index (χ4v) is 4.27. The highest BCUT2D eigenvalue weighted by Crippen LogP contribution is 2.34. The summed E-state index contributed by atoms with van der Waals surface area (Å²) in [7, 11) is -4.07. The zero-order valence-electron chi connectivity index (χ0n) is 15.2. The summed E-state index contributed by atoms with van der Waals surface area (Å²) in [5.74, 6) is -2.26. The van der Waals surface area contributed by atoms with E-state index in [0.29, 0.717) is 6.07 Å². The molecular weight excluding hydrogens is 424 g/mol. The molecule has 0 atom stereocenters. The normalized spacial score (nSPS) is 12.0. The van der Waals surface area contributed by atoms with E-state index in [2.05, 4.69) is 0 Å². The summed E-state index contributed by atoms with van der Waals surface area (Å²) < 4.78 is 78.4. The summed E-state index contributed by atoms with van der Waals surface area (Å²) in [6.07, 6.45) is -5.06. The molecule has 0 bridgehead atoms. The molecule has 0 spiro atoms. The Balaban J connectivity index is 2.02. The Morgan fingerprint density at radius 3 is 2.13 bits per heavy atom. The smallest absolute Gasteiger partial charge is 0.416 e. The third-order valence-corrected chi connectivity index (χ3v) is 6.06. The Hall–Kier alpha value is -3.20. The first-order valence-electron chi connectivity index (χ1n) is 8.51. The zero-order chi connectivity index (χ0) is 22.1. The first kappa shape index (κ1) is 21.5. The average Bonchev–Trinajstić information content (AvgIpc) is 2.67. The van der Waals surface area contributed by atoms with Gasteiger partial charge >= 0.3 is 12.1 Å². The van der Waals surface area contributed by atoms with E-state index in [1.165, 1.54) is 42.5 Å². The lowest BCUT2D eigenvalue weighted by molar-refractivity contribution is -0.138. The molecule has 1 N–H and O–H groups in total. The van der Waals surface area contributed by atoms with Crippen LogP contribution in [0.2, 0.25) is 0 Å². The van der Waals surface area contributed by atoms with E-state index in [1.54, 1.807) is 0 Å². The first-order chi connectivity index (χ1) is 14.0. The number of sulfone groups is 1. The molecule has 3 aromatic rings. The quantitative estimate of drug-likeness (QED) is 0.571. The summed E-state index contributed by atoms with van der Waals surface area (Å²) in [6.45, 7) is 0. The number of hydrogen-bond donors (Lipinski definition) is 1. The molecule has 3 aromatic carbocycles. The van der Waals surface area contributed by atoms with Crippen molar-refractivity contribution < 1.29 is 35.9 Å². The monoisotopic (exact) mass is 438 g/mol. The van der Waals surface area contributed by atoms with Crippen LogP contribution in [-0.2, 0) is 27.2 Å². The van der Waals surface area contributed by atoms with Gasteiger partial charge in [0.25, 0.3) is 0 Å².